The number of fused-ring (bicyclic) bond motifs is 2. The van der Waals surface area contributed by atoms with Gasteiger partial charge in [-0.25, -0.2) is 22.9 Å². The summed E-state index contributed by atoms with van der Waals surface area (Å²) in [6.45, 7) is 2.21. The molecule has 4 aromatic rings. The number of aromatic amines is 1. The number of aromatic nitrogens is 3. The van der Waals surface area contributed by atoms with Crippen molar-refractivity contribution >= 4 is 26.8 Å². The fraction of sp³-hybridized carbons (Fsp3) is 0.176. The first kappa shape index (κ1) is 16.6. The van der Waals surface area contributed by atoms with Gasteiger partial charge >= 0.3 is 5.76 Å². The van der Waals surface area contributed by atoms with Gasteiger partial charge in [0.25, 0.3) is 0 Å². The zero-order valence-corrected chi connectivity index (χ0v) is 14.7. The summed E-state index contributed by atoms with van der Waals surface area (Å²) in [5.41, 5.74) is 3.39. The van der Waals surface area contributed by atoms with Crippen molar-refractivity contribution in [3.8, 4) is 0 Å². The first-order valence-corrected chi connectivity index (χ1v) is 9.46. The Morgan fingerprint density at radius 3 is 2.92 bits per heavy atom. The third-order valence-electron chi connectivity index (χ3n) is 4.02. The second-order valence-electron chi connectivity index (χ2n) is 6.02. The Bertz CT molecular complexity index is 1270. The van der Waals surface area contributed by atoms with E-state index in [0.29, 0.717) is 11.9 Å². The van der Waals surface area contributed by atoms with Gasteiger partial charge in [-0.05, 0) is 30.7 Å². The first-order valence-electron chi connectivity index (χ1n) is 7.97. The van der Waals surface area contributed by atoms with Crippen LogP contribution < -0.4 is 10.5 Å². The maximum absolute atomic E-state index is 12.4. The largest absolute Gasteiger partial charge is 0.417 e. The minimum absolute atomic E-state index is 0.0402. The highest BCUT2D eigenvalue weighted by atomic mass is 32.2. The third-order valence-corrected chi connectivity index (χ3v) is 5.48. The molecular formula is C17H16N4O4S. The van der Waals surface area contributed by atoms with Gasteiger partial charge in [0, 0.05) is 31.4 Å². The lowest BCUT2D eigenvalue weighted by Crippen LogP contribution is -2.26. The number of hydrogen-bond donors (Lipinski definition) is 2. The molecule has 3 aromatic heterocycles. The molecule has 0 bridgehead atoms. The summed E-state index contributed by atoms with van der Waals surface area (Å²) < 4.78 is 34.2. The molecule has 0 saturated carbocycles. The van der Waals surface area contributed by atoms with E-state index in [1.807, 2.05) is 35.9 Å². The van der Waals surface area contributed by atoms with Crippen molar-refractivity contribution in [1.82, 2.24) is 19.1 Å². The van der Waals surface area contributed by atoms with Crippen LogP contribution in [0.15, 0.2) is 56.8 Å². The fourth-order valence-electron chi connectivity index (χ4n) is 2.77. The van der Waals surface area contributed by atoms with Crippen LogP contribution in [0.5, 0.6) is 0 Å². The molecule has 4 rings (SSSR count). The molecule has 0 aliphatic rings. The van der Waals surface area contributed by atoms with Gasteiger partial charge < -0.3 is 8.82 Å². The smallest absolute Gasteiger partial charge is 0.408 e. The number of imidazole rings is 1. The third kappa shape index (κ3) is 3.14. The molecule has 0 aliphatic carbocycles. The topological polar surface area (TPSA) is 109 Å². The van der Waals surface area contributed by atoms with Gasteiger partial charge in [0.05, 0.1) is 16.1 Å². The quantitative estimate of drug-likeness (QED) is 0.553. The minimum atomic E-state index is -3.71. The molecule has 1 aromatic carbocycles. The zero-order valence-electron chi connectivity index (χ0n) is 13.9. The van der Waals surface area contributed by atoms with Crippen molar-refractivity contribution in [3.63, 3.8) is 0 Å². The van der Waals surface area contributed by atoms with Crippen molar-refractivity contribution in [2.24, 2.45) is 0 Å². The predicted molar refractivity (Wildman–Crippen MR) is 95.7 cm³/mol. The summed E-state index contributed by atoms with van der Waals surface area (Å²) in [5, 5.41) is 0. The zero-order chi connectivity index (χ0) is 18.3. The standard InChI is InChI=1S/C17H16N4O4S/c1-11-2-5-16-19-12(10-21(16)9-11)6-7-18-26(23,24)13-3-4-14-15(8-13)25-17(22)20-14/h2-5,8-10,18H,6-7H2,1H3,(H,20,22). The van der Waals surface area contributed by atoms with Crippen molar-refractivity contribution in [3.05, 3.63) is 64.5 Å². The lowest BCUT2D eigenvalue weighted by Gasteiger charge is -2.05. The Hall–Kier alpha value is -2.91. The van der Waals surface area contributed by atoms with Crippen molar-refractivity contribution in [2.45, 2.75) is 18.2 Å². The summed E-state index contributed by atoms with van der Waals surface area (Å²) >= 11 is 0. The molecular weight excluding hydrogens is 356 g/mol. The number of sulfonamides is 1. The molecule has 0 spiro atoms. The highest BCUT2D eigenvalue weighted by molar-refractivity contribution is 7.89. The van der Waals surface area contributed by atoms with E-state index in [0.717, 1.165) is 16.9 Å². The number of benzene rings is 1. The average molecular weight is 372 g/mol. The molecule has 0 amide bonds. The Labute approximate surface area is 148 Å². The Morgan fingerprint density at radius 1 is 1.23 bits per heavy atom. The summed E-state index contributed by atoms with van der Waals surface area (Å²) in [4.78, 5) is 18.2. The normalized spacial score (nSPS) is 12.2. The Balaban J connectivity index is 1.48. The number of nitrogens with one attached hydrogen (secondary N) is 2. The molecule has 26 heavy (non-hydrogen) atoms. The van der Waals surface area contributed by atoms with E-state index in [1.165, 1.54) is 18.2 Å². The van der Waals surface area contributed by atoms with E-state index in [2.05, 4.69) is 14.7 Å². The molecule has 9 heteroatoms. The monoisotopic (exact) mass is 372 g/mol. The van der Waals surface area contributed by atoms with Gasteiger partial charge in [-0.2, -0.15) is 0 Å². The molecule has 0 unspecified atom stereocenters. The maximum atomic E-state index is 12.4. The minimum Gasteiger partial charge on any atom is -0.408 e. The number of pyridine rings is 1. The average Bonchev–Trinajstić information content (AvgIpc) is 3.15. The molecule has 0 fully saturated rings. The molecule has 2 N–H and O–H groups in total. The fourth-order valence-corrected chi connectivity index (χ4v) is 3.81. The van der Waals surface area contributed by atoms with E-state index in [1.54, 1.807) is 0 Å². The number of rotatable bonds is 5. The van der Waals surface area contributed by atoms with Crippen LogP contribution in [0.1, 0.15) is 11.3 Å². The van der Waals surface area contributed by atoms with E-state index in [4.69, 9.17) is 4.42 Å². The second-order valence-corrected chi connectivity index (χ2v) is 7.79. The van der Waals surface area contributed by atoms with E-state index in [9.17, 15) is 13.2 Å². The van der Waals surface area contributed by atoms with Crippen LogP contribution in [0.4, 0.5) is 0 Å². The molecule has 134 valence electrons. The molecule has 8 nitrogen and oxygen atoms in total. The highest BCUT2D eigenvalue weighted by Gasteiger charge is 2.15. The van der Waals surface area contributed by atoms with Crippen molar-refractivity contribution < 1.29 is 12.8 Å². The van der Waals surface area contributed by atoms with Crippen LogP contribution in [-0.4, -0.2) is 29.3 Å². The first-order chi connectivity index (χ1) is 12.4. The van der Waals surface area contributed by atoms with E-state index >= 15 is 0 Å². The number of aryl methyl sites for hydroxylation is 1. The second kappa shape index (κ2) is 6.11. The molecule has 0 radical (unpaired) electrons. The van der Waals surface area contributed by atoms with Crippen LogP contribution >= 0.6 is 0 Å². The van der Waals surface area contributed by atoms with Crippen LogP contribution in [0.3, 0.4) is 0 Å². The van der Waals surface area contributed by atoms with Crippen molar-refractivity contribution in [2.75, 3.05) is 6.54 Å². The summed E-state index contributed by atoms with van der Waals surface area (Å²) in [5.74, 6) is -0.621. The van der Waals surface area contributed by atoms with E-state index in [-0.39, 0.29) is 17.0 Å². The number of H-pyrrole nitrogens is 1. The van der Waals surface area contributed by atoms with Crippen LogP contribution in [-0.2, 0) is 16.4 Å². The van der Waals surface area contributed by atoms with Gasteiger partial charge in [0.2, 0.25) is 10.0 Å². The van der Waals surface area contributed by atoms with Gasteiger partial charge in [-0.1, -0.05) is 6.07 Å². The van der Waals surface area contributed by atoms with Crippen molar-refractivity contribution in [1.29, 1.82) is 0 Å². The van der Waals surface area contributed by atoms with Crippen LogP contribution in [0.2, 0.25) is 0 Å². The summed E-state index contributed by atoms with van der Waals surface area (Å²) in [7, 11) is -3.71. The molecule has 0 atom stereocenters. The van der Waals surface area contributed by atoms with Gasteiger partial charge in [-0.3, -0.25) is 4.98 Å². The molecule has 0 saturated heterocycles. The van der Waals surface area contributed by atoms with Gasteiger partial charge in [0.15, 0.2) is 5.58 Å². The van der Waals surface area contributed by atoms with Gasteiger partial charge in [0.1, 0.15) is 5.65 Å². The maximum Gasteiger partial charge on any atom is 0.417 e. The Morgan fingerprint density at radius 2 is 2.08 bits per heavy atom. The predicted octanol–water partition coefficient (Wildman–Crippen LogP) is 1.60. The highest BCUT2D eigenvalue weighted by Crippen LogP contribution is 2.16. The van der Waals surface area contributed by atoms with Gasteiger partial charge in [-0.15, -0.1) is 0 Å². The van der Waals surface area contributed by atoms with Crippen LogP contribution in [0.25, 0.3) is 16.7 Å². The summed E-state index contributed by atoms with van der Waals surface area (Å²) in [6, 6.07) is 8.14. The molecule has 0 aliphatic heterocycles. The lowest BCUT2D eigenvalue weighted by molar-refractivity contribution is 0.553. The lowest BCUT2D eigenvalue weighted by atomic mass is 10.3. The molecule has 3 heterocycles. The van der Waals surface area contributed by atoms with E-state index < -0.39 is 15.8 Å². The number of nitrogens with zero attached hydrogens (tertiary/aromatic N) is 2. The Kier molecular flexibility index (Phi) is 3.89. The number of hydrogen-bond acceptors (Lipinski definition) is 5. The van der Waals surface area contributed by atoms with Crippen LogP contribution in [0, 0.1) is 6.92 Å². The summed E-state index contributed by atoms with van der Waals surface area (Å²) in [6.07, 6.45) is 4.31. The number of oxazole rings is 1. The SMILES string of the molecule is Cc1ccc2nc(CCNS(=O)(=O)c3ccc4[nH]c(=O)oc4c3)cn2c1.